The van der Waals surface area contributed by atoms with Crippen LogP contribution in [0.5, 0.6) is 0 Å². The van der Waals surface area contributed by atoms with Gasteiger partial charge in [-0.05, 0) is 23.4 Å². The van der Waals surface area contributed by atoms with Crippen molar-refractivity contribution in [3.63, 3.8) is 0 Å². The third-order valence-electron chi connectivity index (χ3n) is 2.75. The van der Waals surface area contributed by atoms with Crippen LogP contribution in [0.4, 0.5) is 11.4 Å². The summed E-state index contributed by atoms with van der Waals surface area (Å²) < 4.78 is 1.90. The van der Waals surface area contributed by atoms with Gasteiger partial charge in [0.25, 0.3) is 0 Å². The maximum absolute atomic E-state index is 10.3. The molecule has 5 heteroatoms. The van der Waals surface area contributed by atoms with Gasteiger partial charge in [0.05, 0.1) is 5.69 Å². The minimum atomic E-state index is 0.409. The SMILES string of the molecule is Nc1ccn2cc(-c3ccc(N=O)cc3)nc2c1. The molecule has 2 aromatic heterocycles. The minimum absolute atomic E-state index is 0.409. The molecule has 2 N–H and O–H groups in total. The van der Waals surface area contributed by atoms with Crippen molar-refractivity contribution >= 4 is 17.0 Å². The number of aromatic nitrogens is 2. The van der Waals surface area contributed by atoms with Gasteiger partial charge in [0.2, 0.25) is 0 Å². The summed E-state index contributed by atoms with van der Waals surface area (Å²) in [6.45, 7) is 0. The molecule has 3 aromatic rings. The molecule has 0 radical (unpaired) electrons. The Kier molecular flexibility index (Phi) is 2.30. The van der Waals surface area contributed by atoms with E-state index in [1.54, 1.807) is 12.1 Å². The van der Waals surface area contributed by atoms with Crippen LogP contribution in [0.25, 0.3) is 16.9 Å². The summed E-state index contributed by atoms with van der Waals surface area (Å²) in [7, 11) is 0. The maximum Gasteiger partial charge on any atom is 0.139 e. The molecule has 0 bridgehead atoms. The van der Waals surface area contributed by atoms with E-state index in [1.807, 2.05) is 41.1 Å². The highest BCUT2D eigenvalue weighted by molar-refractivity contribution is 5.65. The second kappa shape index (κ2) is 3.96. The van der Waals surface area contributed by atoms with E-state index in [0.717, 1.165) is 16.9 Å². The number of hydrogen-bond donors (Lipinski definition) is 1. The predicted molar refractivity (Wildman–Crippen MR) is 70.5 cm³/mol. The fourth-order valence-corrected chi connectivity index (χ4v) is 1.83. The number of nitrogen functional groups attached to an aromatic ring is 1. The Hall–Kier alpha value is -2.69. The van der Waals surface area contributed by atoms with Gasteiger partial charge in [-0.3, -0.25) is 0 Å². The number of anilines is 1. The summed E-state index contributed by atoms with van der Waals surface area (Å²) in [5, 5.41) is 2.87. The van der Waals surface area contributed by atoms with Crippen molar-refractivity contribution in [2.75, 3.05) is 5.73 Å². The fraction of sp³-hybridized carbons (Fsp3) is 0. The Bertz CT molecular complexity index is 715. The third kappa shape index (κ3) is 1.71. The summed E-state index contributed by atoms with van der Waals surface area (Å²) in [5.41, 5.74) is 9.36. The Morgan fingerprint density at radius 3 is 2.67 bits per heavy atom. The summed E-state index contributed by atoms with van der Waals surface area (Å²) in [6.07, 6.45) is 3.78. The minimum Gasteiger partial charge on any atom is -0.399 e. The monoisotopic (exact) mass is 238 g/mol. The molecule has 0 unspecified atom stereocenters. The molecule has 3 rings (SSSR count). The van der Waals surface area contributed by atoms with Gasteiger partial charge in [-0.15, -0.1) is 4.91 Å². The summed E-state index contributed by atoms with van der Waals surface area (Å²) in [4.78, 5) is 14.8. The highest BCUT2D eigenvalue weighted by atomic mass is 16.3. The number of fused-ring (bicyclic) bond motifs is 1. The van der Waals surface area contributed by atoms with Crippen molar-refractivity contribution in [2.24, 2.45) is 5.18 Å². The van der Waals surface area contributed by atoms with E-state index >= 15 is 0 Å². The second-order valence-corrected chi connectivity index (χ2v) is 3.99. The van der Waals surface area contributed by atoms with E-state index in [9.17, 15) is 4.91 Å². The van der Waals surface area contributed by atoms with E-state index < -0.39 is 0 Å². The zero-order valence-electron chi connectivity index (χ0n) is 9.45. The van der Waals surface area contributed by atoms with Crippen molar-refractivity contribution in [3.8, 4) is 11.3 Å². The first-order valence-corrected chi connectivity index (χ1v) is 5.44. The van der Waals surface area contributed by atoms with Gasteiger partial charge >= 0.3 is 0 Å². The summed E-state index contributed by atoms with van der Waals surface area (Å²) >= 11 is 0. The Morgan fingerprint density at radius 2 is 1.94 bits per heavy atom. The van der Waals surface area contributed by atoms with Gasteiger partial charge in [0, 0.05) is 29.7 Å². The number of rotatable bonds is 2. The van der Waals surface area contributed by atoms with Gasteiger partial charge in [0.1, 0.15) is 11.3 Å². The largest absolute Gasteiger partial charge is 0.399 e. The molecule has 0 saturated heterocycles. The van der Waals surface area contributed by atoms with Gasteiger partial charge in [0.15, 0.2) is 0 Å². The number of benzene rings is 1. The van der Waals surface area contributed by atoms with Crippen molar-refractivity contribution in [1.29, 1.82) is 0 Å². The molecule has 88 valence electrons. The molecule has 18 heavy (non-hydrogen) atoms. The average molecular weight is 238 g/mol. The van der Waals surface area contributed by atoms with Crippen molar-refractivity contribution in [2.45, 2.75) is 0 Å². The van der Waals surface area contributed by atoms with Gasteiger partial charge in [-0.2, -0.15) is 0 Å². The van der Waals surface area contributed by atoms with Crippen molar-refractivity contribution in [1.82, 2.24) is 9.38 Å². The zero-order chi connectivity index (χ0) is 12.5. The Balaban J connectivity index is 2.10. The zero-order valence-corrected chi connectivity index (χ0v) is 9.45. The molecule has 5 nitrogen and oxygen atoms in total. The summed E-state index contributed by atoms with van der Waals surface area (Å²) in [6, 6.07) is 10.6. The van der Waals surface area contributed by atoms with E-state index in [4.69, 9.17) is 5.73 Å². The Morgan fingerprint density at radius 1 is 1.17 bits per heavy atom. The molecule has 0 atom stereocenters. The number of nitroso groups, excluding NO2 is 1. The molecule has 2 heterocycles. The van der Waals surface area contributed by atoms with Crippen LogP contribution in [0.15, 0.2) is 54.0 Å². The van der Waals surface area contributed by atoms with Crippen molar-refractivity contribution in [3.05, 3.63) is 53.7 Å². The lowest BCUT2D eigenvalue weighted by molar-refractivity contribution is 1.19. The van der Waals surface area contributed by atoms with E-state index in [-0.39, 0.29) is 0 Å². The van der Waals surface area contributed by atoms with Gasteiger partial charge < -0.3 is 10.1 Å². The maximum atomic E-state index is 10.3. The van der Waals surface area contributed by atoms with Gasteiger partial charge in [-0.25, -0.2) is 4.98 Å². The average Bonchev–Trinajstić information content (AvgIpc) is 2.81. The second-order valence-electron chi connectivity index (χ2n) is 3.99. The van der Waals surface area contributed by atoms with Crippen LogP contribution in [0, 0.1) is 4.91 Å². The van der Waals surface area contributed by atoms with E-state index in [0.29, 0.717) is 11.4 Å². The highest BCUT2D eigenvalue weighted by Crippen LogP contribution is 2.22. The number of hydrogen-bond acceptors (Lipinski definition) is 4. The molecule has 0 amide bonds. The first-order valence-electron chi connectivity index (χ1n) is 5.44. The Labute approximate surface area is 103 Å². The van der Waals surface area contributed by atoms with Crippen LogP contribution in [0.1, 0.15) is 0 Å². The molecular weight excluding hydrogens is 228 g/mol. The quantitative estimate of drug-likeness (QED) is 0.697. The van der Waals surface area contributed by atoms with Gasteiger partial charge in [-0.1, -0.05) is 12.1 Å². The smallest absolute Gasteiger partial charge is 0.139 e. The number of pyridine rings is 1. The van der Waals surface area contributed by atoms with Crippen LogP contribution in [0.3, 0.4) is 0 Å². The van der Waals surface area contributed by atoms with E-state index in [1.165, 1.54) is 0 Å². The summed E-state index contributed by atoms with van der Waals surface area (Å²) in [5.74, 6) is 0. The van der Waals surface area contributed by atoms with Crippen LogP contribution in [-0.2, 0) is 0 Å². The molecule has 0 aliphatic carbocycles. The fourth-order valence-electron chi connectivity index (χ4n) is 1.83. The molecule has 0 fully saturated rings. The first-order chi connectivity index (χ1) is 8.76. The van der Waals surface area contributed by atoms with Crippen LogP contribution in [0.2, 0.25) is 0 Å². The standard InChI is InChI=1S/C13H10N4O/c14-10-5-6-17-8-12(15-13(17)7-10)9-1-3-11(16-18)4-2-9/h1-8H,14H2. The van der Waals surface area contributed by atoms with Crippen LogP contribution >= 0.6 is 0 Å². The first kappa shape index (κ1) is 10.5. The van der Waals surface area contributed by atoms with Crippen LogP contribution in [-0.4, -0.2) is 9.38 Å². The normalized spacial score (nSPS) is 10.7. The molecular formula is C13H10N4O. The topological polar surface area (TPSA) is 72.8 Å². The lowest BCUT2D eigenvalue weighted by Gasteiger charge is -1.94. The molecule has 0 spiro atoms. The van der Waals surface area contributed by atoms with E-state index in [2.05, 4.69) is 10.2 Å². The van der Waals surface area contributed by atoms with Crippen molar-refractivity contribution < 1.29 is 0 Å². The number of imidazole rings is 1. The molecule has 0 aliphatic heterocycles. The highest BCUT2D eigenvalue weighted by Gasteiger charge is 2.04. The molecule has 1 aromatic carbocycles. The van der Waals surface area contributed by atoms with Crippen LogP contribution < -0.4 is 5.73 Å². The predicted octanol–water partition coefficient (Wildman–Crippen LogP) is 2.98. The number of nitrogens with zero attached hydrogens (tertiary/aromatic N) is 3. The molecule has 0 saturated carbocycles. The lowest BCUT2D eigenvalue weighted by atomic mass is 10.1. The molecule has 0 aliphatic rings. The number of nitrogens with two attached hydrogens (primary N) is 1. The lowest BCUT2D eigenvalue weighted by Crippen LogP contribution is -1.87. The third-order valence-corrected chi connectivity index (χ3v) is 2.75.